The summed E-state index contributed by atoms with van der Waals surface area (Å²) < 4.78 is 7.51. The average Bonchev–Trinajstić information content (AvgIpc) is 3.00. The molecule has 3 aromatic heterocycles. The molecule has 0 aliphatic carbocycles. The molecule has 18 heavy (non-hydrogen) atoms. The highest BCUT2D eigenvalue weighted by atomic mass is 32.1. The second-order valence-corrected chi connectivity index (χ2v) is 4.77. The van der Waals surface area contributed by atoms with Crippen LogP contribution in [0.3, 0.4) is 0 Å². The van der Waals surface area contributed by atoms with Gasteiger partial charge in [-0.05, 0) is 12.1 Å². The fourth-order valence-electron chi connectivity index (χ4n) is 1.98. The van der Waals surface area contributed by atoms with Crippen LogP contribution < -0.4 is 5.73 Å². The molecule has 4 rings (SSSR count). The summed E-state index contributed by atoms with van der Waals surface area (Å²) >= 11 is 1.49. The first-order valence-corrected chi connectivity index (χ1v) is 6.28. The molecule has 2 N–H and O–H groups in total. The topological polar surface area (TPSA) is 69.3 Å². The molecule has 88 valence electrons. The Balaban J connectivity index is 2.00. The van der Waals surface area contributed by atoms with Crippen LogP contribution in [0.5, 0.6) is 0 Å². The van der Waals surface area contributed by atoms with E-state index in [0.717, 1.165) is 27.4 Å². The predicted molar refractivity (Wildman–Crippen MR) is 70.5 cm³/mol. The molecule has 0 spiro atoms. The number of nitrogens with zero attached hydrogens (tertiary/aromatic N) is 3. The van der Waals surface area contributed by atoms with Crippen LogP contribution in [0.4, 0.5) is 5.95 Å². The van der Waals surface area contributed by atoms with Gasteiger partial charge in [0.05, 0.1) is 0 Å². The van der Waals surface area contributed by atoms with Gasteiger partial charge in [-0.2, -0.15) is 9.50 Å². The van der Waals surface area contributed by atoms with Gasteiger partial charge in [0, 0.05) is 10.8 Å². The lowest BCUT2D eigenvalue weighted by Gasteiger charge is -1.91. The molecule has 0 bridgehead atoms. The van der Waals surface area contributed by atoms with E-state index in [0.29, 0.717) is 0 Å². The summed E-state index contributed by atoms with van der Waals surface area (Å²) in [6, 6.07) is 9.89. The average molecular weight is 256 g/mol. The van der Waals surface area contributed by atoms with Crippen LogP contribution in [0.1, 0.15) is 0 Å². The van der Waals surface area contributed by atoms with E-state index in [1.165, 1.54) is 11.3 Å². The number of nitrogen functional groups attached to an aromatic ring is 1. The van der Waals surface area contributed by atoms with Crippen molar-refractivity contribution in [2.45, 2.75) is 0 Å². The molecular weight excluding hydrogens is 248 g/mol. The summed E-state index contributed by atoms with van der Waals surface area (Å²) in [5.74, 6) is 1.05. The van der Waals surface area contributed by atoms with E-state index in [4.69, 9.17) is 10.2 Å². The highest BCUT2D eigenvalue weighted by Crippen LogP contribution is 2.30. The lowest BCUT2D eigenvalue weighted by Crippen LogP contribution is -1.90. The molecular formula is C12H8N4OS. The zero-order valence-electron chi connectivity index (χ0n) is 9.20. The SMILES string of the molecule is Nc1nc2scc(-c3cc4ccccc4o3)n2n1. The third kappa shape index (κ3) is 1.26. The maximum atomic E-state index is 5.81. The number of aromatic nitrogens is 3. The van der Waals surface area contributed by atoms with Gasteiger partial charge in [-0.1, -0.05) is 18.2 Å². The number of anilines is 1. The number of rotatable bonds is 1. The van der Waals surface area contributed by atoms with Crippen molar-refractivity contribution in [1.29, 1.82) is 0 Å². The molecule has 0 unspecified atom stereocenters. The van der Waals surface area contributed by atoms with Gasteiger partial charge in [0.25, 0.3) is 0 Å². The van der Waals surface area contributed by atoms with Crippen molar-refractivity contribution in [2.24, 2.45) is 0 Å². The van der Waals surface area contributed by atoms with Crippen molar-refractivity contribution >= 4 is 33.2 Å². The highest BCUT2D eigenvalue weighted by molar-refractivity contribution is 7.15. The first-order valence-electron chi connectivity index (χ1n) is 5.40. The standard InChI is InChI=1S/C12H8N4OS/c13-11-14-12-16(15-11)8(6-18-12)10-5-7-3-1-2-4-9(7)17-10/h1-6H,(H2,13,15). The molecule has 3 heterocycles. The summed E-state index contributed by atoms with van der Waals surface area (Å²) in [7, 11) is 0. The minimum atomic E-state index is 0.277. The summed E-state index contributed by atoms with van der Waals surface area (Å²) in [6.45, 7) is 0. The van der Waals surface area contributed by atoms with Gasteiger partial charge in [0.1, 0.15) is 11.3 Å². The molecule has 0 aliphatic heterocycles. The fraction of sp³-hybridized carbons (Fsp3) is 0. The normalized spacial score (nSPS) is 11.6. The number of benzene rings is 1. The summed E-state index contributed by atoms with van der Waals surface area (Å²) in [5.41, 5.74) is 7.32. The van der Waals surface area contributed by atoms with Crippen LogP contribution in [0, 0.1) is 0 Å². The number of hydrogen-bond acceptors (Lipinski definition) is 5. The van der Waals surface area contributed by atoms with E-state index in [1.807, 2.05) is 35.7 Å². The van der Waals surface area contributed by atoms with E-state index in [1.54, 1.807) is 4.52 Å². The second kappa shape index (κ2) is 3.33. The van der Waals surface area contributed by atoms with Gasteiger partial charge in [0.2, 0.25) is 10.9 Å². The van der Waals surface area contributed by atoms with Gasteiger partial charge in [-0.15, -0.1) is 16.4 Å². The second-order valence-electron chi connectivity index (χ2n) is 3.93. The van der Waals surface area contributed by atoms with Crippen LogP contribution in [0.15, 0.2) is 40.1 Å². The number of fused-ring (bicyclic) bond motifs is 2. The van der Waals surface area contributed by atoms with Crippen LogP contribution in [0.2, 0.25) is 0 Å². The fourth-order valence-corrected chi connectivity index (χ4v) is 2.79. The Morgan fingerprint density at radius 3 is 3.06 bits per heavy atom. The van der Waals surface area contributed by atoms with Gasteiger partial charge in [0.15, 0.2) is 5.76 Å². The van der Waals surface area contributed by atoms with Crippen molar-refractivity contribution in [2.75, 3.05) is 5.73 Å². The Hall–Kier alpha value is -2.34. The quantitative estimate of drug-likeness (QED) is 0.568. The Morgan fingerprint density at radius 1 is 1.28 bits per heavy atom. The van der Waals surface area contributed by atoms with Gasteiger partial charge in [-0.25, -0.2) is 0 Å². The Morgan fingerprint density at radius 2 is 2.17 bits per heavy atom. The van der Waals surface area contributed by atoms with Gasteiger partial charge in [-0.3, -0.25) is 0 Å². The largest absolute Gasteiger partial charge is 0.454 e. The lowest BCUT2D eigenvalue weighted by atomic mass is 10.2. The molecule has 6 heteroatoms. The minimum absolute atomic E-state index is 0.277. The smallest absolute Gasteiger partial charge is 0.241 e. The zero-order valence-corrected chi connectivity index (χ0v) is 10.0. The third-order valence-electron chi connectivity index (χ3n) is 2.78. The first-order chi connectivity index (χ1) is 8.81. The Kier molecular flexibility index (Phi) is 1.79. The number of nitrogens with two attached hydrogens (primary N) is 1. The summed E-state index contributed by atoms with van der Waals surface area (Å²) in [6.07, 6.45) is 0. The molecule has 5 nitrogen and oxygen atoms in total. The third-order valence-corrected chi connectivity index (χ3v) is 3.59. The predicted octanol–water partition coefficient (Wildman–Crippen LogP) is 2.79. The van der Waals surface area contributed by atoms with Crippen molar-refractivity contribution in [3.63, 3.8) is 0 Å². The number of thiazole rings is 1. The van der Waals surface area contributed by atoms with E-state index in [-0.39, 0.29) is 5.95 Å². The molecule has 0 radical (unpaired) electrons. The number of hydrogen-bond donors (Lipinski definition) is 1. The molecule has 1 aromatic carbocycles. The van der Waals surface area contributed by atoms with Crippen LogP contribution in [-0.4, -0.2) is 14.6 Å². The molecule has 0 atom stereocenters. The Bertz CT molecular complexity index is 824. The molecule has 0 aliphatic rings. The zero-order chi connectivity index (χ0) is 12.1. The van der Waals surface area contributed by atoms with Crippen LogP contribution in [0.25, 0.3) is 27.4 Å². The van der Waals surface area contributed by atoms with Gasteiger partial charge < -0.3 is 10.2 Å². The number of furan rings is 1. The van der Waals surface area contributed by atoms with Crippen molar-refractivity contribution in [3.8, 4) is 11.5 Å². The maximum Gasteiger partial charge on any atom is 0.241 e. The van der Waals surface area contributed by atoms with E-state index in [9.17, 15) is 0 Å². The van der Waals surface area contributed by atoms with E-state index in [2.05, 4.69) is 10.1 Å². The number of para-hydroxylation sites is 1. The summed E-state index contributed by atoms with van der Waals surface area (Å²) in [4.78, 5) is 4.89. The monoisotopic (exact) mass is 256 g/mol. The molecule has 0 fully saturated rings. The highest BCUT2D eigenvalue weighted by Gasteiger charge is 2.13. The minimum Gasteiger partial charge on any atom is -0.454 e. The van der Waals surface area contributed by atoms with Crippen LogP contribution >= 0.6 is 11.3 Å². The van der Waals surface area contributed by atoms with E-state index >= 15 is 0 Å². The first kappa shape index (κ1) is 9.67. The lowest BCUT2D eigenvalue weighted by molar-refractivity contribution is 0.626. The Labute approximate surface area is 105 Å². The van der Waals surface area contributed by atoms with Crippen molar-refractivity contribution < 1.29 is 4.42 Å². The molecule has 0 saturated carbocycles. The van der Waals surface area contributed by atoms with Crippen molar-refractivity contribution in [1.82, 2.24) is 14.6 Å². The van der Waals surface area contributed by atoms with Crippen molar-refractivity contribution in [3.05, 3.63) is 35.7 Å². The molecule has 4 aromatic rings. The molecule has 0 amide bonds. The summed E-state index contributed by atoms with van der Waals surface area (Å²) in [5, 5.41) is 7.19. The molecule has 0 saturated heterocycles. The van der Waals surface area contributed by atoms with Gasteiger partial charge >= 0.3 is 0 Å². The van der Waals surface area contributed by atoms with Crippen LogP contribution in [-0.2, 0) is 0 Å². The van der Waals surface area contributed by atoms with E-state index < -0.39 is 0 Å². The maximum absolute atomic E-state index is 5.81.